The van der Waals surface area contributed by atoms with Crippen molar-refractivity contribution in [3.05, 3.63) is 82.7 Å². The van der Waals surface area contributed by atoms with Gasteiger partial charge in [-0.25, -0.2) is 4.99 Å². The second kappa shape index (κ2) is 10.4. The molecule has 0 unspecified atom stereocenters. The topological polar surface area (TPSA) is 106 Å². The molecule has 0 aliphatic rings. The van der Waals surface area contributed by atoms with Crippen LogP contribution in [0.15, 0.2) is 64.1 Å². The van der Waals surface area contributed by atoms with Gasteiger partial charge in [-0.05, 0) is 43.2 Å². The Labute approximate surface area is 202 Å². The van der Waals surface area contributed by atoms with Gasteiger partial charge in [0.25, 0.3) is 5.91 Å². The normalized spacial score (nSPS) is 11.5. The summed E-state index contributed by atoms with van der Waals surface area (Å²) < 4.78 is 16.9. The average molecular weight is 474 g/mol. The van der Waals surface area contributed by atoms with Gasteiger partial charge >= 0.3 is 0 Å². The van der Waals surface area contributed by atoms with Crippen LogP contribution in [0.2, 0.25) is 0 Å². The number of pyridine rings is 1. The number of methoxy groups -OCH3 is 2. The first-order valence-electron chi connectivity index (χ1n) is 11.2. The lowest BCUT2D eigenvalue weighted by atomic mass is 10.1. The second-order valence-electron chi connectivity index (χ2n) is 7.85. The Bertz CT molecular complexity index is 1460. The summed E-state index contributed by atoms with van der Waals surface area (Å²) in [5.41, 5.74) is 4.01. The van der Waals surface area contributed by atoms with E-state index in [0.717, 1.165) is 12.0 Å². The van der Waals surface area contributed by atoms with Crippen LogP contribution in [0.5, 0.6) is 11.5 Å². The quantitative estimate of drug-likeness (QED) is 0.403. The van der Waals surface area contributed by atoms with Crippen molar-refractivity contribution in [2.45, 2.75) is 26.9 Å². The van der Waals surface area contributed by atoms with E-state index in [2.05, 4.69) is 15.3 Å². The van der Waals surface area contributed by atoms with E-state index in [1.54, 1.807) is 44.5 Å². The Balaban J connectivity index is 1.97. The van der Waals surface area contributed by atoms with Crippen molar-refractivity contribution in [3.8, 4) is 11.5 Å². The molecule has 2 heterocycles. The number of carbonyl (C=O) groups excluding carboxylic acids is 1. The van der Waals surface area contributed by atoms with E-state index in [-0.39, 0.29) is 17.7 Å². The van der Waals surface area contributed by atoms with Gasteiger partial charge in [-0.2, -0.15) is 0 Å². The van der Waals surface area contributed by atoms with E-state index in [0.29, 0.717) is 45.1 Å². The van der Waals surface area contributed by atoms with Gasteiger partial charge in [0.05, 0.1) is 26.5 Å². The summed E-state index contributed by atoms with van der Waals surface area (Å²) in [4.78, 5) is 22.5. The van der Waals surface area contributed by atoms with Crippen LogP contribution in [0.4, 0.5) is 11.4 Å². The van der Waals surface area contributed by atoms with E-state index in [1.807, 2.05) is 31.2 Å². The summed E-state index contributed by atoms with van der Waals surface area (Å²) in [6.45, 7) is 3.56. The number of nitrogens with one attached hydrogen (secondary N) is 1. The van der Waals surface area contributed by atoms with Crippen molar-refractivity contribution in [1.82, 2.24) is 4.98 Å². The zero-order valence-corrected chi connectivity index (χ0v) is 20.1. The fraction of sp³-hybridized carbons (Fsp3) is 0.222. The number of fused-ring (bicyclic) bond motifs is 1. The molecule has 0 atom stereocenters. The highest BCUT2D eigenvalue weighted by Gasteiger charge is 2.18. The van der Waals surface area contributed by atoms with Gasteiger partial charge in [0.1, 0.15) is 22.7 Å². The monoisotopic (exact) mass is 473 g/mol. The summed E-state index contributed by atoms with van der Waals surface area (Å²) >= 11 is 0. The van der Waals surface area contributed by atoms with Crippen molar-refractivity contribution < 1.29 is 23.8 Å². The first-order valence-corrected chi connectivity index (χ1v) is 11.2. The van der Waals surface area contributed by atoms with Gasteiger partial charge in [-0.1, -0.05) is 25.1 Å². The summed E-state index contributed by atoms with van der Waals surface area (Å²) in [5, 5.41) is 13.4. The maximum atomic E-state index is 13.5. The number of carbonyl (C=O) groups is 1. The zero-order valence-electron chi connectivity index (χ0n) is 20.1. The number of aliphatic hydroxyl groups excluding tert-OH is 1. The first-order chi connectivity index (χ1) is 17.0. The number of ether oxygens (including phenoxy) is 2. The summed E-state index contributed by atoms with van der Waals surface area (Å²) in [6, 6.07) is 14.5. The van der Waals surface area contributed by atoms with E-state index < -0.39 is 5.91 Å². The number of rotatable bonds is 7. The number of nitrogens with zero attached hydrogens (tertiary/aromatic N) is 2. The summed E-state index contributed by atoms with van der Waals surface area (Å²) in [5.74, 6) is 0.673. The first kappa shape index (κ1) is 24.0. The molecule has 180 valence electrons. The molecule has 0 saturated carbocycles. The fourth-order valence-corrected chi connectivity index (χ4v) is 3.79. The molecule has 2 aromatic carbocycles. The Hall–Kier alpha value is -4.17. The Kier molecular flexibility index (Phi) is 7.12. The molecule has 8 heteroatoms. The number of aryl methyl sites for hydroxylation is 2. The van der Waals surface area contributed by atoms with Gasteiger partial charge < -0.3 is 24.3 Å². The van der Waals surface area contributed by atoms with Crippen LogP contribution in [-0.4, -0.2) is 30.2 Å². The van der Waals surface area contributed by atoms with Gasteiger partial charge in [0, 0.05) is 28.9 Å². The lowest BCUT2D eigenvalue weighted by molar-refractivity contribution is 0.102. The van der Waals surface area contributed by atoms with Gasteiger partial charge in [0.15, 0.2) is 5.58 Å². The van der Waals surface area contributed by atoms with Crippen molar-refractivity contribution in [3.63, 3.8) is 0 Å². The Morgan fingerprint density at radius 3 is 2.63 bits per heavy atom. The fourth-order valence-electron chi connectivity index (χ4n) is 3.79. The van der Waals surface area contributed by atoms with Crippen molar-refractivity contribution in [1.29, 1.82) is 0 Å². The molecule has 0 fully saturated rings. The van der Waals surface area contributed by atoms with Crippen LogP contribution in [-0.2, 0) is 13.0 Å². The number of anilines is 1. The number of benzene rings is 2. The number of aliphatic hydroxyl groups is 1. The molecular weight excluding hydrogens is 446 g/mol. The number of aromatic nitrogens is 1. The molecule has 0 bridgehead atoms. The zero-order chi connectivity index (χ0) is 24.9. The number of hydrogen-bond donors (Lipinski definition) is 2. The standard InChI is InChI=1S/C27H27N3O5/c1-5-17-8-6-7-9-22(17)29-26(32)21-13-20-18(15-31)14-28-16(2)25(20)35-27(21)30-23-12-19(33-3)10-11-24(23)34-4/h6-14,31H,5,15H2,1-4H3,(H,29,32). The van der Waals surface area contributed by atoms with Crippen LogP contribution in [0.3, 0.4) is 0 Å². The minimum Gasteiger partial charge on any atom is -0.497 e. The van der Waals surface area contributed by atoms with Crippen LogP contribution < -0.4 is 20.3 Å². The van der Waals surface area contributed by atoms with E-state index in [4.69, 9.17) is 13.9 Å². The molecule has 0 radical (unpaired) electrons. The lowest BCUT2D eigenvalue weighted by Gasteiger charge is -2.12. The smallest absolute Gasteiger partial charge is 0.261 e. The highest BCUT2D eigenvalue weighted by atomic mass is 16.5. The van der Waals surface area contributed by atoms with Gasteiger partial charge in [-0.15, -0.1) is 0 Å². The molecule has 1 amide bonds. The van der Waals surface area contributed by atoms with Crippen LogP contribution in [0, 0.1) is 6.92 Å². The molecular formula is C27H27N3O5. The molecule has 4 rings (SSSR count). The van der Waals surface area contributed by atoms with E-state index >= 15 is 0 Å². The van der Waals surface area contributed by atoms with E-state index in [9.17, 15) is 9.90 Å². The highest BCUT2D eigenvalue weighted by Crippen LogP contribution is 2.31. The van der Waals surface area contributed by atoms with Crippen molar-refractivity contribution in [2.75, 3.05) is 19.5 Å². The van der Waals surface area contributed by atoms with Crippen molar-refractivity contribution >= 4 is 28.3 Å². The molecule has 2 N–H and O–H groups in total. The molecule has 0 saturated heterocycles. The third kappa shape index (κ3) is 4.88. The molecule has 0 aliphatic heterocycles. The molecule has 2 aromatic heterocycles. The molecule has 4 aromatic rings. The van der Waals surface area contributed by atoms with Crippen molar-refractivity contribution in [2.24, 2.45) is 4.99 Å². The van der Waals surface area contributed by atoms with Gasteiger partial charge in [0.2, 0.25) is 5.55 Å². The third-order valence-corrected chi connectivity index (χ3v) is 5.72. The van der Waals surface area contributed by atoms with Crippen LogP contribution in [0.1, 0.15) is 34.1 Å². The number of para-hydroxylation sites is 1. The minimum atomic E-state index is -0.393. The molecule has 0 spiro atoms. The minimum absolute atomic E-state index is 0.0792. The van der Waals surface area contributed by atoms with E-state index in [1.165, 1.54) is 7.11 Å². The van der Waals surface area contributed by atoms with Gasteiger partial charge in [-0.3, -0.25) is 9.78 Å². The second-order valence-corrected chi connectivity index (χ2v) is 7.85. The number of hydrogen-bond acceptors (Lipinski definition) is 7. The van der Waals surface area contributed by atoms with Crippen LogP contribution >= 0.6 is 0 Å². The Morgan fingerprint density at radius 1 is 1.11 bits per heavy atom. The SMILES string of the molecule is CCc1ccccc1NC(=O)c1cc2c(CO)cnc(C)c2oc1=Nc1cc(OC)ccc1OC. The maximum absolute atomic E-state index is 13.5. The molecule has 35 heavy (non-hydrogen) atoms. The molecule has 8 nitrogen and oxygen atoms in total. The summed E-state index contributed by atoms with van der Waals surface area (Å²) in [6.07, 6.45) is 2.33. The predicted octanol–water partition coefficient (Wildman–Crippen LogP) is 4.69. The summed E-state index contributed by atoms with van der Waals surface area (Å²) in [7, 11) is 3.09. The largest absolute Gasteiger partial charge is 0.497 e. The average Bonchev–Trinajstić information content (AvgIpc) is 2.89. The lowest BCUT2D eigenvalue weighted by Crippen LogP contribution is -2.22. The Morgan fingerprint density at radius 2 is 1.91 bits per heavy atom. The highest BCUT2D eigenvalue weighted by molar-refractivity contribution is 6.06. The third-order valence-electron chi connectivity index (χ3n) is 5.72. The maximum Gasteiger partial charge on any atom is 0.261 e. The predicted molar refractivity (Wildman–Crippen MR) is 133 cm³/mol. The number of amides is 1. The van der Waals surface area contributed by atoms with Crippen LogP contribution in [0.25, 0.3) is 11.0 Å². The molecule has 0 aliphatic carbocycles.